The molecule has 2 aliphatic heterocycles. The van der Waals surface area contributed by atoms with E-state index in [0.717, 1.165) is 25.0 Å². The number of aryl methyl sites for hydroxylation is 1. The molecule has 0 aliphatic carbocycles. The molecule has 2 aliphatic rings. The molecule has 0 spiro atoms. The summed E-state index contributed by atoms with van der Waals surface area (Å²) in [5.41, 5.74) is 1.29. The number of nitrogens with zero attached hydrogens (tertiary/aromatic N) is 2. The van der Waals surface area contributed by atoms with Crippen LogP contribution in [0.4, 0.5) is 0 Å². The predicted octanol–water partition coefficient (Wildman–Crippen LogP) is 2.84. The summed E-state index contributed by atoms with van der Waals surface area (Å²) < 4.78 is 0. The molecule has 2 saturated heterocycles. The van der Waals surface area contributed by atoms with Gasteiger partial charge in [-0.15, -0.1) is 23.7 Å². The normalized spacial score (nSPS) is 27.0. The maximum Gasteiger partial charge on any atom is 0.107 e. The van der Waals surface area contributed by atoms with Gasteiger partial charge in [0, 0.05) is 24.0 Å². The monoisotopic (exact) mass is 301 g/mol. The number of aromatic nitrogens is 1. The molecular formula is C14H24ClN3S. The van der Waals surface area contributed by atoms with Crippen molar-refractivity contribution in [2.75, 3.05) is 13.1 Å². The van der Waals surface area contributed by atoms with Crippen LogP contribution < -0.4 is 5.32 Å². The third kappa shape index (κ3) is 3.48. The molecule has 1 aromatic heterocycles. The molecule has 0 amide bonds. The zero-order valence-corrected chi connectivity index (χ0v) is 13.2. The van der Waals surface area contributed by atoms with Crippen molar-refractivity contribution in [2.45, 2.75) is 57.7 Å². The third-order valence-electron chi connectivity index (χ3n) is 4.23. The van der Waals surface area contributed by atoms with Crippen LogP contribution in [0.2, 0.25) is 0 Å². The molecule has 2 fully saturated rings. The van der Waals surface area contributed by atoms with Crippen LogP contribution in [-0.2, 0) is 13.0 Å². The number of nitrogens with one attached hydrogen (secondary N) is 1. The number of rotatable bonds is 4. The van der Waals surface area contributed by atoms with E-state index in [1.807, 2.05) is 11.3 Å². The fourth-order valence-corrected chi connectivity index (χ4v) is 4.12. The molecule has 5 heteroatoms. The molecule has 0 aromatic carbocycles. The Kier molecular flexibility index (Phi) is 5.63. The van der Waals surface area contributed by atoms with Crippen LogP contribution >= 0.6 is 23.7 Å². The summed E-state index contributed by atoms with van der Waals surface area (Å²) in [5, 5.41) is 7.13. The van der Waals surface area contributed by atoms with Crippen molar-refractivity contribution in [3.63, 3.8) is 0 Å². The molecule has 2 atom stereocenters. The average Bonchev–Trinajstić information content (AvgIpc) is 2.85. The summed E-state index contributed by atoms with van der Waals surface area (Å²) in [5.74, 6) is 0. The Labute approximate surface area is 126 Å². The minimum atomic E-state index is 0. The van der Waals surface area contributed by atoms with Crippen molar-refractivity contribution in [1.29, 1.82) is 0 Å². The first-order valence-electron chi connectivity index (χ1n) is 7.26. The van der Waals surface area contributed by atoms with Crippen molar-refractivity contribution in [3.8, 4) is 0 Å². The summed E-state index contributed by atoms with van der Waals surface area (Å²) >= 11 is 1.85. The quantitative estimate of drug-likeness (QED) is 0.927. The van der Waals surface area contributed by atoms with Crippen molar-refractivity contribution < 1.29 is 0 Å². The van der Waals surface area contributed by atoms with E-state index in [1.165, 1.54) is 49.5 Å². The highest BCUT2D eigenvalue weighted by Gasteiger charge is 2.34. The summed E-state index contributed by atoms with van der Waals surface area (Å²) in [6.07, 6.45) is 6.39. The lowest BCUT2D eigenvalue weighted by molar-refractivity contribution is 0.193. The molecule has 0 saturated carbocycles. The van der Waals surface area contributed by atoms with Gasteiger partial charge < -0.3 is 5.32 Å². The third-order valence-corrected chi connectivity index (χ3v) is 5.11. The largest absolute Gasteiger partial charge is 0.315 e. The number of thiazole rings is 1. The van der Waals surface area contributed by atoms with Crippen LogP contribution in [-0.4, -0.2) is 35.1 Å². The van der Waals surface area contributed by atoms with E-state index < -0.39 is 0 Å². The van der Waals surface area contributed by atoms with Crippen LogP contribution in [0.5, 0.6) is 0 Å². The summed E-state index contributed by atoms with van der Waals surface area (Å²) in [4.78, 5) is 7.48. The summed E-state index contributed by atoms with van der Waals surface area (Å²) in [6, 6.07) is 1.54. The van der Waals surface area contributed by atoms with Gasteiger partial charge >= 0.3 is 0 Å². The van der Waals surface area contributed by atoms with Crippen molar-refractivity contribution in [3.05, 3.63) is 16.1 Å². The molecule has 2 bridgehead atoms. The van der Waals surface area contributed by atoms with E-state index in [9.17, 15) is 0 Å². The second-order valence-electron chi connectivity index (χ2n) is 5.53. The van der Waals surface area contributed by atoms with Gasteiger partial charge in [0.1, 0.15) is 5.01 Å². The molecular weight excluding hydrogens is 278 g/mol. The first-order chi connectivity index (χ1) is 8.86. The van der Waals surface area contributed by atoms with Crippen molar-refractivity contribution in [1.82, 2.24) is 15.2 Å². The van der Waals surface area contributed by atoms with Gasteiger partial charge in [-0.05, 0) is 32.2 Å². The van der Waals surface area contributed by atoms with E-state index in [4.69, 9.17) is 4.98 Å². The summed E-state index contributed by atoms with van der Waals surface area (Å²) in [6.45, 7) is 5.66. The van der Waals surface area contributed by atoms with Crippen molar-refractivity contribution in [2.24, 2.45) is 0 Å². The predicted molar refractivity (Wildman–Crippen MR) is 83.2 cm³/mol. The van der Waals surface area contributed by atoms with Gasteiger partial charge in [-0.25, -0.2) is 4.98 Å². The molecule has 1 aromatic rings. The van der Waals surface area contributed by atoms with E-state index in [1.54, 1.807) is 0 Å². The lowest BCUT2D eigenvalue weighted by atomic mass is 10.1. The number of hydrogen-bond acceptors (Lipinski definition) is 4. The topological polar surface area (TPSA) is 28.2 Å². The van der Waals surface area contributed by atoms with Gasteiger partial charge in [0.2, 0.25) is 0 Å². The molecule has 108 valence electrons. The zero-order chi connectivity index (χ0) is 12.4. The highest BCUT2D eigenvalue weighted by Crippen LogP contribution is 2.30. The Morgan fingerprint density at radius 3 is 3.05 bits per heavy atom. The van der Waals surface area contributed by atoms with Crippen LogP contribution in [0.15, 0.2) is 5.38 Å². The van der Waals surface area contributed by atoms with Crippen LogP contribution in [0, 0.1) is 0 Å². The highest BCUT2D eigenvalue weighted by atomic mass is 35.5. The van der Waals surface area contributed by atoms with Crippen LogP contribution in [0.1, 0.15) is 43.3 Å². The van der Waals surface area contributed by atoms with Gasteiger partial charge in [-0.1, -0.05) is 13.3 Å². The minimum Gasteiger partial charge on any atom is -0.315 e. The molecule has 19 heavy (non-hydrogen) atoms. The Balaban J connectivity index is 0.00000133. The van der Waals surface area contributed by atoms with Crippen LogP contribution in [0.3, 0.4) is 0 Å². The number of halogens is 1. The number of fused-ring (bicyclic) bond motifs is 2. The molecule has 0 radical (unpaired) electrons. The maximum atomic E-state index is 4.78. The fourth-order valence-electron chi connectivity index (χ4n) is 3.29. The maximum absolute atomic E-state index is 4.78. The Morgan fingerprint density at radius 1 is 1.37 bits per heavy atom. The smallest absolute Gasteiger partial charge is 0.107 e. The fraction of sp³-hybridized carbons (Fsp3) is 0.786. The molecule has 2 unspecified atom stereocenters. The van der Waals surface area contributed by atoms with Gasteiger partial charge in [0.05, 0.1) is 12.2 Å². The molecule has 3 rings (SSSR count). The standard InChI is InChI=1S/C14H23N3S.ClH/c1-2-3-11-10-18-14(16-11)9-17-12-4-5-13(17)8-15-7-6-12;/h10,12-13,15H,2-9H2,1H3;1H. The average molecular weight is 302 g/mol. The second kappa shape index (κ2) is 7.02. The van der Waals surface area contributed by atoms with Gasteiger partial charge in [0.25, 0.3) is 0 Å². The lowest BCUT2D eigenvalue weighted by Gasteiger charge is -2.26. The van der Waals surface area contributed by atoms with Crippen molar-refractivity contribution >= 4 is 23.7 Å². The first-order valence-corrected chi connectivity index (χ1v) is 8.14. The zero-order valence-electron chi connectivity index (χ0n) is 11.6. The second-order valence-corrected chi connectivity index (χ2v) is 6.48. The van der Waals surface area contributed by atoms with E-state index in [0.29, 0.717) is 0 Å². The SMILES string of the molecule is CCCc1csc(CN2C3CCNCC2CC3)n1.Cl. The van der Waals surface area contributed by atoms with Gasteiger partial charge in [-0.2, -0.15) is 0 Å². The number of hydrogen-bond donors (Lipinski definition) is 1. The molecule has 3 heterocycles. The van der Waals surface area contributed by atoms with Gasteiger partial charge in [-0.3, -0.25) is 4.90 Å². The molecule has 1 N–H and O–H groups in total. The molecule has 3 nitrogen and oxygen atoms in total. The van der Waals surface area contributed by atoms with E-state index in [-0.39, 0.29) is 12.4 Å². The lowest BCUT2D eigenvalue weighted by Crippen LogP contribution is -2.37. The van der Waals surface area contributed by atoms with Crippen LogP contribution in [0.25, 0.3) is 0 Å². The Bertz CT molecular complexity index is 382. The van der Waals surface area contributed by atoms with Gasteiger partial charge in [0.15, 0.2) is 0 Å². The summed E-state index contributed by atoms with van der Waals surface area (Å²) in [7, 11) is 0. The minimum absolute atomic E-state index is 0. The Hall–Kier alpha value is -0.160. The first kappa shape index (κ1) is 15.2. The van der Waals surface area contributed by atoms with E-state index in [2.05, 4.69) is 22.5 Å². The van der Waals surface area contributed by atoms with E-state index >= 15 is 0 Å². The highest BCUT2D eigenvalue weighted by molar-refractivity contribution is 7.09. The Morgan fingerprint density at radius 2 is 2.21 bits per heavy atom.